The zero-order valence-corrected chi connectivity index (χ0v) is 17.2. The predicted octanol–water partition coefficient (Wildman–Crippen LogP) is 2.21. The molecule has 0 saturated carbocycles. The van der Waals surface area contributed by atoms with Crippen molar-refractivity contribution in [3.63, 3.8) is 0 Å². The Morgan fingerprint density at radius 3 is 2.50 bits per heavy atom. The third-order valence-corrected chi connectivity index (χ3v) is 5.85. The lowest BCUT2D eigenvalue weighted by Gasteiger charge is -2.33. The highest BCUT2D eigenvalue weighted by Gasteiger charge is 2.44. The molecule has 2 aromatic rings. The van der Waals surface area contributed by atoms with Crippen LogP contribution in [-0.4, -0.2) is 78.6 Å². The number of nitrogens with zero attached hydrogens (tertiary/aromatic N) is 7. The number of hydrogen-bond donors (Lipinski definition) is 0. The minimum absolute atomic E-state index is 0.0773. The van der Waals surface area contributed by atoms with Crippen LogP contribution < -0.4 is 9.80 Å². The van der Waals surface area contributed by atoms with Crippen LogP contribution in [0.5, 0.6) is 0 Å². The van der Waals surface area contributed by atoms with Gasteiger partial charge in [0.15, 0.2) is 0 Å². The molecule has 0 spiro atoms. The first-order valence-corrected chi connectivity index (χ1v) is 10.2. The highest BCUT2D eigenvalue weighted by Crippen LogP contribution is 2.36. The van der Waals surface area contributed by atoms with Crippen LogP contribution in [0.3, 0.4) is 0 Å². The number of piperazine rings is 1. The van der Waals surface area contributed by atoms with Gasteiger partial charge in [0, 0.05) is 55.9 Å². The van der Waals surface area contributed by atoms with E-state index in [-0.39, 0.29) is 17.1 Å². The average molecular weight is 443 g/mol. The summed E-state index contributed by atoms with van der Waals surface area (Å²) >= 11 is 0. The first kappa shape index (κ1) is 20.6. The van der Waals surface area contributed by atoms with Crippen molar-refractivity contribution < 1.29 is 18.0 Å². The van der Waals surface area contributed by atoms with Crippen LogP contribution in [0.2, 0.25) is 0 Å². The van der Waals surface area contributed by atoms with Crippen molar-refractivity contribution in [2.24, 2.45) is 16.1 Å². The van der Waals surface area contributed by atoms with E-state index in [2.05, 4.69) is 37.0 Å². The van der Waals surface area contributed by atoms with E-state index in [1.54, 1.807) is 12.4 Å². The van der Waals surface area contributed by atoms with Gasteiger partial charge in [-0.1, -0.05) is 0 Å². The van der Waals surface area contributed by atoms with Gasteiger partial charge in [-0.05, 0) is 25.2 Å². The second-order valence-electron chi connectivity index (χ2n) is 8.05. The molecule has 32 heavy (non-hydrogen) atoms. The first-order valence-electron chi connectivity index (χ1n) is 10.2. The number of halogens is 3. The molecule has 1 fully saturated rings. The molecule has 3 aliphatic heterocycles. The summed E-state index contributed by atoms with van der Waals surface area (Å²) in [6.07, 6.45) is -0.0702. The number of amides is 1. The molecule has 3 aliphatic rings. The summed E-state index contributed by atoms with van der Waals surface area (Å²) in [5, 5.41) is 7.65. The number of likely N-dealkylation sites (N-methyl/N-ethyl adjacent to an activating group) is 1. The van der Waals surface area contributed by atoms with Crippen molar-refractivity contribution in [1.29, 1.82) is 0 Å². The lowest BCUT2D eigenvalue weighted by atomic mass is 9.93. The Balaban J connectivity index is 1.48. The summed E-state index contributed by atoms with van der Waals surface area (Å²) in [5.41, 5.74) is 1.86. The van der Waals surface area contributed by atoms with Gasteiger partial charge in [0.1, 0.15) is 29.7 Å². The van der Waals surface area contributed by atoms with Crippen molar-refractivity contribution in [2.75, 3.05) is 49.6 Å². The van der Waals surface area contributed by atoms with Crippen LogP contribution in [-0.2, 0) is 4.79 Å². The van der Waals surface area contributed by atoms with E-state index >= 15 is 0 Å². The second kappa shape index (κ2) is 7.66. The number of carbonyl (C=O) groups is 1. The van der Waals surface area contributed by atoms with Crippen molar-refractivity contribution in [1.82, 2.24) is 14.9 Å². The van der Waals surface area contributed by atoms with Crippen LogP contribution >= 0.6 is 0 Å². The summed E-state index contributed by atoms with van der Waals surface area (Å²) in [4.78, 5) is 26.8. The molecule has 1 saturated heterocycles. The van der Waals surface area contributed by atoms with Gasteiger partial charge in [0.2, 0.25) is 5.91 Å². The van der Waals surface area contributed by atoms with Gasteiger partial charge in [-0.3, -0.25) is 9.78 Å². The molecule has 1 amide bonds. The van der Waals surface area contributed by atoms with E-state index < -0.39 is 24.5 Å². The Morgan fingerprint density at radius 2 is 1.81 bits per heavy atom. The zero-order chi connectivity index (χ0) is 22.5. The van der Waals surface area contributed by atoms with E-state index in [1.165, 1.54) is 12.3 Å². The number of pyridine rings is 2. The van der Waals surface area contributed by atoms with Gasteiger partial charge in [-0.15, -0.1) is 0 Å². The molecular weight excluding hydrogens is 423 g/mol. The van der Waals surface area contributed by atoms with Crippen LogP contribution in [0.15, 0.2) is 40.8 Å². The Hall–Kier alpha value is -3.34. The molecule has 0 radical (unpaired) electrons. The van der Waals surface area contributed by atoms with E-state index in [0.717, 1.165) is 36.9 Å². The van der Waals surface area contributed by atoms with Crippen LogP contribution in [0.4, 0.5) is 24.7 Å². The smallest absolute Gasteiger partial charge is 0.354 e. The maximum absolute atomic E-state index is 13.2. The number of aromatic nitrogens is 2. The van der Waals surface area contributed by atoms with Crippen molar-refractivity contribution in [3.05, 3.63) is 36.3 Å². The van der Waals surface area contributed by atoms with Crippen LogP contribution in [0.1, 0.15) is 5.69 Å². The van der Waals surface area contributed by atoms with E-state index in [4.69, 9.17) is 0 Å². The maximum Gasteiger partial charge on any atom is 0.406 e. The molecular formula is C21H20F3N7O. The van der Waals surface area contributed by atoms with E-state index in [9.17, 15) is 18.0 Å². The van der Waals surface area contributed by atoms with Gasteiger partial charge < -0.3 is 14.7 Å². The predicted molar refractivity (Wildman–Crippen MR) is 114 cm³/mol. The van der Waals surface area contributed by atoms with Gasteiger partial charge >= 0.3 is 6.18 Å². The van der Waals surface area contributed by atoms with Gasteiger partial charge in [-0.25, -0.2) is 4.98 Å². The monoisotopic (exact) mass is 443 g/mol. The van der Waals surface area contributed by atoms with E-state index in [0.29, 0.717) is 11.1 Å². The first-order chi connectivity index (χ1) is 15.3. The molecule has 2 aromatic heterocycles. The largest absolute Gasteiger partial charge is 0.406 e. The van der Waals surface area contributed by atoms with Gasteiger partial charge in [0.05, 0.1) is 5.69 Å². The molecule has 0 aliphatic carbocycles. The summed E-state index contributed by atoms with van der Waals surface area (Å²) in [5.74, 6) is -0.799. The van der Waals surface area contributed by atoms with Gasteiger partial charge in [-0.2, -0.15) is 23.4 Å². The minimum atomic E-state index is -4.56. The third kappa shape index (κ3) is 3.72. The molecule has 166 valence electrons. The standard InChI is InChI=1S/C21H20F3N7O/c1-29-4-6-30(7-5-29)17-3-2-13(9-25-17)14-8-16-19(26-10-14)18-15(11-27-28-18)20(32)31(16)12-21(22,23)24/h2-3,8-11,15H,4-7,12H2,1H3. The number of carbonyl (C=O) groups excluding carboxylic acids is 1. The number of hydrogen-bond acceptors (Lipinski definition) is 7. The molecule has 0 bridgehead atoms. The van der Waals surface area contributed by atoms with Crippen LogP contribution in [0.25, 0.3) is 11.1 Å². The summed E-state index contributed by atoms with van der Waals surface area (Å²) in [7, 11) is 2.08. The molecule has 5 rings (SSSR count). The summed E-state index contributed by atoms with van der Waals surface area (Å²) in [6, 6.07) is 5.29. The molecule has 0 aromatic carbocycles. The number of alkyl halides is 3. The zero-order valence-electron chi connectivity index (χ0n) is 17.2. The molecule has 5 heterocycles. The Labute approximate surface area is 182 Å². The summed E-state index contributed by atoms with van der Waals surface area (Å²) in [6.45, 7) is 2.26. The summed E-state index contributed by atoms with van der Waals surface area (Å²) < 4.78 is 39.7. The van der Waals surface area contributed by atoms with Crippen LogP contribution in [0, 0.1) is 5.92 Å². The molecule has 1 unspecified atom stereocenters. The maximum atomic E-state index is 13.2. The fourth-order valence-corrected chi connectivity index (χ4v) is 4.09. The lowest BCUT2D eigenvalue weighted by Crippen LogP contribution is -2.48. The normalized spacial score (nSPS) is 20.9. The number of fused-ring (bicyclic) bond motifs is 3. The Kier molecular flexibility index (Phi) is 4.92. The highest BCUT2D eigenvalue weighted by molar-refractivity contribution is 6.31. The average Bonchev–Trinajstić information content (AvgIpc) is 3.27. The van der Waals surface area contributed by atoms with Gasteiger partial charge in [0.25, 0.3) is 0 Å². The molecule has 8 nitrogen and oxygen atoms in total. The van der Waals surface area contributed by atoms with E-state index in [1.807, 2.05) is 12.1 Å². The fraction of sp³-hybridized carbons (Fsp3) is 0.381. The highest BCUT2D eigenvalue weighted by atomic mass is 19.4. The molecule has 0 N–H and O–H groups in total. The number of rotatable bonds is 3. The lowest BCUT2D eigenvalue weighted by molar-refractivity contribution is -0.132. The third-order valence-electron chi connectivity index (χ3n) is 5.85. The molecule has 11 heteroatoms. The van der Waals surface area contributed by atoms with Crippen molar-refractivity contribution in [2.45, 2.75) is 6.18 Å². The second-order valence-corrected chi connectivity index (χ2v) is 8.05. The SMILES string of the molecule is CN1CCN(c2ccc(-c3cnc4c(c3)N(CC(F)(F)F)C(=O)C3C=NN=C43)cn2)CC1. The Bertz CT molecular complexity index is 1110. The van der Waals surface area contributed by atoms with Crippen molar-refractivity contribution >= 4 is 29.3 Å². The topological polar surface area (TPSA) is 77.3 Å². The fourth-order valence-electron chi connectivity index (χ4n) is 4.09. The molecule has 1 atom stereocenters. The minimum Gasteiger partial charge on any atom is -0.354 e. The number of anilines is 2. The quantitative estimate of drug-likeness (QED) is 0.727. The Morgan fingerprint density at radius 1 is 1.06 bits per heavy atom. The van der Waals surface area contributed by atoms with Crippen molar-refractivity contribution in [3.8, 4) is 11.1 Å².